The normalized spacial score (nSPS) is 15.7. The van der Waals surface area contributed by atoms with Gasteiger partial charge in [-0.1, -0.05) is 135 Å². The first-order chi connectivity index (χ1) is 23.9. The maximum Gasteiger partial charge on any atom is 0.342 e. The zero-order chi connectivity index (χ0) is 34.5. The minimum absolute atomic E-state index is 0.0108. The molecule has 264 valence electrons. The number of phenols is 1. The van der Waals surface area contributed by atoms with Crippen molar-refractivity contribution in [2.75, 3.05) is 5.73 Å². The number of phenolic OH excluding ortho intramolecular Hbond substituents is 1. The molecule has 2 aliphatic heterocycles. The number of benzene rings is 3. The van der Waals surface area contributed by atoms with Gasteiger partial charge in [0.05, 0.1) is 5.56 Å². The van der Waals surface area contributed by atoms with Crippen molar-refractivity contribution in [3.63, 3.8) is 0 Å². The Hall–Kier alpha value is -4.00. The number of fused-ring (bicyclic) bond motifs is 6. The third kappa shape index (κ3) is 9.17. The molecule has 5 rings (SSSR count). The van der Waals surface area contributed by atoms with E-state index in [-0.39, 0.29) is 11.7 Å². The van der Waals surface area contributed by atoms with Gasteiger partial charge in [-0.05, 0) is 36.8 Å². The lowest BCUT2D eigenvalue weighted by Crippen LogP contribution is -2.33. The van der Waals surface area contributed by atoms with Crippen molar-refractivity contribution in [3.8, 4) is 23.0 Å². The van der Waals surface area contributed by atoms with E-state index in [1.54, 1.807) is 36.4 Å². The maximum absolute atomic E-state index is 13.1. The van der Waals surface area contributed by atoms with Gasteiger partial charge in [0, 0.05) is 40.9 Å². The van der Waals surface area contributed by atoms with E-state index in [1.165, 1.54) is 115 Å². The van der Waals surface area contributed by atoms with Crippen LogP contribution < -0.4 is 15.2 Å². The summed E-state index contributed by atoms with van der Waals surface area (Å²) < 4.78 is 18.0. The third-order valence-electron chi connectivity index (χ3n) is 10.0. The molecular formula is C42H55NO6. The zero-order valence-corrected chi connectivity index (χ0v) is 29.4. The first kappa shape index (κ1) is 36.3. The van der Waals surface area contributed by atoms with E-state index in [1.807, 2.05) is 6.07 Å². The van der Waals surface area contributed by atoms with E-state index in [0.29, 0.717) is 51.6 Å². The van der Waals surface area contributed by atoms with E-state index < -0.39 is 11.6 Å². The molecule has 0 aliphatic carbocycles. The SMILES string of the molecule is CCCCCCCCCCCCCCCCCCCCCC(=O)Oc1ccc2c(c1)Oc1cc(O)ccc1C21OC(=O)c2c(N)cccc21. The lowest BCUT2D eigenvalue weighted by Gasteiger charge is -2.36. The first-order valence-electron chi connectivity index (χ1n) is 18.9. The fourth-order valence-electron chi connectivity index (χ4n) is 7.36. The molecule has 1 spiro atoms. The molecule has 7 nitrogen and oxygen atoms in total. The van der Waals surface area contributed by atoms with Crippen LogP contribution in [0.2, 0.25) is 0 Å². The highest BCUT2D eigenvalue weighted by molar-refractivity contribution is 6.01. The monoisotopic (exact) mass is 669 g/mol. The van der Waals surface area contributed by atoms with Gasteiger partial charge in [-0.25, -0.2) is 4.79 Å². The van der Waals surface area contributed by atoms with Gasteiger partial charge in [-0.15, -0.1) is 0 Å². The molecule has 3 N–H and O–H groups in total. The quantitative estimate of drug-likeness (QED) is 0.0503. The number of carbonyl (C=O) groups excluding carboxylic acids is 2. The largest absolute Gasteiger partial charge is 0.508 e. The summed E-state index contributed by atoms with van der Waals surface area (Å²) in [6, 6.07) is 15.1. The van der Waals surface area contributed by atoms with Crippen LogP contribution in [0.1, 0.15) is 162 Å². The summed E-state index contributed by atoms with van der Waals surface area (Å²) in [7, 11) is 0. The van der Waals surface area contributed by atoms with Gasteiger partial charge in [0.25, 0.3) is 0 Å². The van der Waals surface area contributed by atoms with Crippen LogP contribution in [0, 0.1) is 0 Å². The molecule has 0 fully saturated rings. The Bertz CT molecular complexity index is 1550. The molecule has 1 unspecified atom stereocenters. The maximum atomic E-state index is 13.1. The molecule has 2 aliphatic rings. The Kier molecular flexibility index (Phi) is 13.4. The van der Waals surface area contributed by atoms with Gasteiger partial charge in [-0.2, -0.15) is 0 Å². The fraction of sp³-hybridized carbons (Fsp3) is 0.524. The predicted octanol–water partition coefficient (Wildman–Crippen LogP) is 11.3. The number of unbranched alkanes of at least 4 members (excludes halogenated alkanes) is 18. The average Bonchev–Trinajstić information content (AvgIpc) is 3.38. The lowest BCUT2D eigenvalue weighted by atomic mass is 9.77. The molecule has 3 aromatic rings. The van der Waals surface area contributed by atoms with E-state index in [9.17, 15) is 14.7 Å². The average molecular weight is 670 g/mol. The lowest BCUT2D eigenvalue weighted by molar-refractivity contribution is -0.134. The van der Waals surface area contributed by atoms with Crippen LogP contribution in [-0.4, -0.2) is 17.0 Å². The second-order valence-electron chi connectivity index (χ2n) is 13.9. The van der Waals surface area contributed by atoms with Gasteiger partial charge in [0.2, 0.25) is 0 Å². The molecule has 2 heterocycles. The zero-order valence-electron chi connectivity index (χ0n) is 29.4. The number of esters is 2. The van der Waals surface area contributed by atoms with Crippen LogP contribution in [0.15, 0.2) is 54.6 Å². The Morgan fingerprint density at radius 3 is 1.82 bits per heavy atom. The Labute approximate surface area is 292 Å². The van der Waals surface area contributed by atoms with E-state index >= 15 is 0 Å². The molecule has 0 radical (unpaired) electrons. The van der Waals surface area contributed by atoms with Crippen molar-refractivity contribution in [1.82, 2.24) is 0 Å². The number of nitrogens with two attached hydrogens (primary N) is 1. The van der Waals surface area contributed by atoms with Gasteiger partial charge in [0.15, 0.2) is 5.60 Å². The van der Waals surface area contributed by atoms with Crippen LogP contribution in [0.25, 0.3) is 0 Å². The molecule has 1 atom stereocenters. The Balaban J connectivity index is 0.999. The van der Waals surface area contributed by atoms with Gasteiger partial charge in [-0.3, -0.25) is 4.79 Å². The van der Waals surface area contributed by atoms with Crippen LogP contribution >= 0.6 is 0 Å². The number of anilines is 1. The van der Waals surface area contributed by atoms with Gasteiger partial charge >= 0.3 is 11.9 Å². The summed E-state index contributed by atoms with van der Waals surface area (Å²) in [4.78, 5) is 25.8. The second-order valence-corrected chi connectivity index (χ2v) is 13.9. The highest BCUT2D eigenvalue weighted by Gasteiger charge is 2.54. The Morgan fingerprint density at radius 2 is 1.22 bits per heavy atom. The summed E-state index contributed by atoms with van der Waals surface area (Å²) in [5.41, 5.74) is 7.28. The molecule has 0 saturated carbocycles. The third-order valence-corrected chi connectivity index (χ3v) is 10.0. The molecular weight excluding hydrogens is 614 g/mol. The van der Waals surface area contributed by atoms with Crippen LogP contribution in [0.5, 0.6) is 23.0 Å². The summed E-state index contributed by atoms with van der Waals surface area (Å²) in [6.07, 6.45) is 25.2. The predicted molar refractivity (Wildman–Crippen MR) is 194 cm³/mol. The van der Waals surface area contributed by atoms with Crippen LogP contribution in [0.3, 0.4) is 0 Å². The number of carbonyl (C=O) groups is 2. The van der Waals surface area contributed by atoms with E-state index in [2.05, 4.69) is 6.92 Å². The van der Waals surface area contributed by atoms with Gasteiger partial charge in [0.1, 0.15) is 23.0 Å². The first-order valence-corrected chi connectivity index (χ1v) is 18.9. The number of aromatic hydroxyl groups is 1. The molecule has 3 aromatic carbocycles. The van der Waals surface area contributed by atoms with Crippen molar-refractivity contribution in [3.05, 3.63) is 76.9 Å². The van der Waals surface area contributed by atoms with Crippen LogP contribution in [0.4, 0.5) is 5.69 Å². The van der Waals surface area contributed by atoms with Crippen molar-refractivity contribution in [1.29, 1.82) is 0 Å². The molecule has 0 saturated heterocycles. The molecule has 0 aromatic heterocycles. The molecule has 49 heavy (non-hydrogen) atoms. The smallest absolute Gasteiger partial charge is 0.342 e. The number of nitrogen functional groups attached to an aromatic ring is 1. The summed E-state index contributed by atoms with van der Waals surface area (Å²) in [5, 5.41) is 10.2. The van der Waals surface area contributed by atoms with Crippen molar-refractivity contribution < 1.29 is 28.9 Å². The molecule has 7 heteroatoms. The summed E-state index contributed by atoms with van der Waals surface area (Å²) in [6.45, 7) is 2.28. The minimum Gasteiger partial charge on any atom is -0.508 e. The number of hydrogen-bond acceptors (Lipinski definition) is 7. The molecule has 0 amide bonds. The highest BCUT2D eigenvalue weighted by atomic mass is 16.6. The fourth-order valence-corrected chi connectivity index (χ4v) is 7.36. The summed E-state index contributed by atoms with van der Waals surface area (Å²) in [5.74, 6) is 0.244. The Morgan fingerprint density at radius 1 is 0.694 bits per heavy atom. The minimum atomic E-state index is -1.31. The van der Waals surface area contributed by atoms with Crippen molar-refractivity contribution in [2.24, 2.45) is 0 Å². The molecule has 0 bridgehead atoms. The van der Waals surface area contributed by atoms with E-state index in [4.69, 9.17) is 19.9 Å². The van der Waals surface area contributed by atoms with Crippen molar-refractivity contribution in [2.45, 2.75) is 141 Å². The summed E-state index contributed by atoms with van der Waals surface area (Å²) >= 11 is 0. The van der Waals surface area contributed by atoms with E-state index in [0.717, 1.165) is 19.3 Å². The second kappa shape index (κ2) is 18.1. The number of hydrogen-bond donors (Lipinski definition) is 2. The number of rotatable bonds is 21. The van der Waals surface area contributed by atoms with Crippen molar-refractivity contribution >= 4 is 17.6 Å². The number of ether oxygens (including phenoxy) is 3. The van der Waals surface area contributed by atoms with Gasteiger partial charge < -0.3 is 25.1 Å². The standard InChI is InChI=1S/C42H55NO6/c1-2-3-4-5-6-7-8-9-10-11-12-13-14-15-16-17-18-19-20-24-39(45)47-32-26-28-34-38(30-32)48-37-29-31(44)25-27-33(37)42(34)35-22-21-23-36(43)40(35)41(46)49-42/h21-23,25-30,44H,2-20,24,43H2,1H3. The highest BCUT2D eigenvalue weighted by Crippen LogP contribution is 2.57. The van der Waals surface area contributed by atoms with Crippen LogP contribution in [-0.2, 0) is 15.1 Å². The topological polar surface area (TPSA) is 108 Å².